The highest BCUT2D eigenvalue weighted by Crippen LogP contribution is 2.29. The first-order valence-electron chi connectivity index (χ1n) is 5.31. The maximum atomic E-state index is 13.1. The van der Waals surface area contributed by atoms with Crippen molar-refractivity contribution in [3.63, 3.8) is 0 Å². The SMILES string of the molecule is CC1(C)CNCC(c2ccc(F)c(Br)c2)O1. The molecule has 1 aromatic carbocycles. The molecule has 88 valence electrons. The molecule has 1 heterocycles. The first-order chi connectivity index (χ1) is 7.48. The Morgan fingerprint density at radius 1 is 1.50 bits per heavy atom. The summed E-state index contributed by atoms with van der Waals surface area (Å²) in [6, 6.07) is 5.02. The molecule has 0 saturated carbocycles. The van der Waals surface area contributed by atoms with Crippen molar-refractivity contribution in [3.05, 3.63) is 34.1 Å². The van der Waals surface area contributed by atoms with Crippen LogP contribution in [0.4, 0.5) is 4.39 Å². The summed E-state index contributed by atoms with van der Waals surface area (Å²) in [5.41, 5.74) is 0.817. The van der Waals surface area contributed by atoms with Gasteiger partial charge in [-0.3, -0.25) is 0 Å². The van der Waals surface area contributed by atoms with Gasteiger partial charge in [0.25, 0.3) is 0 Å². The van der Waals surface area contributed by atoms with Crippen LogP contribution in [0.15, 0.2) is 22.7 Å². The normalized spacial score (nSPS) is 24.4. The van der Waals surface area contributed by atoms with E-state index >= 15 is 0 Å². The summed E-state index contributed by atoms with van der Waals surface area (Å²) in [6.07, 6.45) is -0.0133. The lowest BCUT2D eigenvalue weighted by Crippen LogP contribution is -2.46. The summed E-state index contributed by atoms with van der Waals surface area (Å²) in [6.45, 7) is 5.70. The molecule has 2 nitrogen and oxygen atoms in total. The lowest BCUT2D eigenvalue weighted by molar-refractivity contribution is -0.0959. The van der Waals surface area contributed by atoms with Crippen LogP contribution < -0.4 is 5.32 Å². The minimum Gasteiger partial charge on any atom is -0.365 e. The highest BCUT2D eigenvalue weighted by atomic mass is 79.9. The number of benzene rings is 1. The van der Waals surface area contributed by atoms with Gasteiger partial charge in [-0.25, -0.2) is 4.39 Å². The van der Waals surface area contributed by atoms with E-state index in [1.807, 2.05) is 13.8 Å². The van der Waals surface area contributed by atoms with E-state index in [-0.39, 0.29) is 17.5 Å². The molecule has 1 fully saturated rings. The van der Waals surface area contributed by atoms with Crippen molar-refractivity contribution in [2.45, 2.75) is 25.6 Å². The maximum absolute atomic E-state index is 13.1. The number of ether oxygens (including phenoxy) is 1. The maximum Gasteiger partial charge on any atom is 0.137 e. The van der Waals surface area contributed by atoms with E-state index < -0.39 is 0 Å². The van der Waals surface area contributed by atoms with E-state index in [0.29, 0.717) is 4.47 Å². The average Bonchev–Trinajstić information content (AvgIpc) is 2.20. The van der Waals surface area contributed by atoms with Gasteiger partial charge in [0.1, 0.15) is 5.82 Å². The standard InChI is InChI=1S/C12H15BrFNO/c1-12(2)7-15-6-11(16-12)8-3-4-10(14)9(13)5-8/h3-5,11,15H,6-7H2,1-2H3. The van der Waals surface area contributed by atoms with Crippen molar-refractivity contribution >= 4 is 15.9 Å². The van der Waals surface area contributed by atoms with Gasteiger partial charge < -0.3 is 10.1 Å². The largest absolute Gasteiger partial charge is 0.365 e. The number of rotatable bonds is 1. The lowest BCUT2D eigenvalue weighted by atomic mass is 10.0. The van der Waals surface area contributed by atoms with Gasteiger partial charge in [-0.05, 0) is 47.5 Å². The van der Waals surface area contributed by atoms with Gasteiger partial charge in [-0.2, -0.15) is 0 Å². The van der Waals surface area contributed by atoms with Crippen LogP contribution in [0.5, 0.6) is 0 Å². The summed E-state index contributed by atoms with van der Waals surface area (Å²) in [4.78, 5) is 0. The van der Waals surface area contributed by atoms with Gasteiger partial charge in [0.05, 0.1) is 16.2 Å². The second kappa shape index (κ2) is 4.43. The van der Waals surface area contributed by atoms with Crippen LogP contribution in [0.2, 0.25) is 0 Å². The lowest BCUT2D eigenvalue weighted by Gasteiger charge is -2.36. The molecule has 0 aromatic heterocycles. The molecule has 1 atom stereocenters. The zero-order chi connectivity index (χ0) is 11.8. The van der Waals surface area contributed by atoms with Crippen LogP contribution in [0.25, 0.3) is 0 Å². The zero-order valence-corrected chi connectivity index (χ0v) is 11.0. The predicted octanol–water partition coefficient (Wildman–Crippen LogP) is 3.03. The quantitative estimate of drug-likeness (QED) is 0.857. The van der Waals surface area contributed by atoms with Gasteiger partial charge >= 0.3 is 0 Å². The number of morpholine rings is 1. The summed E-state index contributed by atoms with van der Waals surface area (Å²) in [5, 5.41) is 3.32. The molecule has 0 radical (unpaired) electrons. The number of halogens is 2. The Labute approximate surface area is 103 Å². The second-order valence-corrected chi connectivity index (χ2v) is 5.52. The predicted molar refractivity (Wildman–Crippen MR) is 64.9 cm³/mol. The first kappa shape index (κ1) is 12.0. The molecule has 1 unspecified atom stereocenters. The fraction of sp³-hybridized carbons (Fsp3) is 0.500. The molecule has 16 heavy (non-hydrogen) atoms. The van der Waals surface area contributed by atoms with Crippen LogP contribution in [-0.4, -0.2) is 18.7 Å². The summed E-state index contributed by atoms with van der Waals surface area (Å²) >= 11 is 3.19. The fourth-order valence-electron chi connectivity index (χ4n) is 1.87. The van der Waals surface area contributed by atoms with E-state index in [9.17, 15) is 4.39 Å². The van der Waals surface area contributed by atoms with Crippen molar-refractivity contribution in [1.29, 1.82) is 0 Å². The van der Waals surface area contributed by atoms with Gasteiger partial charge in [-0.1, -0.05) is 6.07 Å². The highest BCUT2D eigenvalue weighted by molar-refractivity contribution is 9.10. The molecule has 1 aliphatic heterocycles. The van der Waals surface area contributed by atoms with Crippen LogP contribution in [-0.2, 0) is 4.74 Å². The van der Waals surface area contributed by atoms with E-state index in [1.54, 1.807) is 12.1 Å². The minimum absolute atomic E-state index is 0.0133. The van der Waals surface area contributed by atoms with Gasteiger partial charge in [-0.15, -0.1) is 0 Å². The van der Waals surface area contributed by atoms with E-state index in [2.05, 4.69) is 21.2 Å². The Balaban J connectivity index is 2.20. The summed E-state index contributed by atoms with van der Waals surface area (Å²) < 4.78 is 19.5. The molecule has 1 N–H and O–H groups in total. The smallest absolute Gasteiger partial charge is 0.137 e. The number of hydrogen-bond acceptors (Lipinski definition) is 2. The van der Waals surface area contributed by atoms with Crippen LogP contribution >= 0.6 is 15.9 Å². The Morgan fingerprint density at radius 2 is 2.25 bits per heavy atom. The molecule has 0 spiro atoms. The van der Waals surface area contributed by atoms with E-state index in [1.165, 1.54) is 6.07 Å². The molecule has 0 aliphatic carbocycles. The van der Waals surface area contributed by atoms with Crippen LogP contribution in [0.3, 0.4) is 0 Å². The Kier molecular flexibility index (Phi) is 3.33. The Bertz CT molecular complexity index is 395. The Hall–Kier alpha value is -0.450. The van der Waals surface area contributed by atoms with Crippen molar-refractivity contribution in [2.75, 3.05) is 13.1 Å². The number of hydrogen-bond donors (Lipinski definition) is 1. The third-order valence-electron chi connectivity index (χ3n) is 2.66. The topological polar surface area (TPSA) is 21.3 Å². The summed E-state index contributed by atoms with van der Waals surface area (Å²) in [7, 11) is 0. The Morgan fingerprint density at radius 3 is 2.88 bits per heavy atom. The monoisotopic (exact) mass is 287 g/mol. The molecular weight excluding hydrogens is 273 g/mol. The average molecular weight is 288 g/mol. The minimum atomic E-state index is -0.244. The second-order valence-electron chi connectivity index (χ2n) is 4.67. The number of nitrogens with one attached hydrogen (secondary N) is 1. The molecule has 1 aliphatic rings. The van der Waals surface area contributed by atoms with Crippen molar-refractivity contribution < 1.29 is 9.13 Å². The van der Waals surface area contributed by atoms with Crippen molar-refractivity contribution in [2.24, 2.45) is 0 Å². The van der Waals surface area contributed by atoms with Crippen LogP contribution in [0.1, 0.15) is 25.5 Å². The van der Waals surface area contributed by atoms with Crippen LogP contribution in [0, 0.1) is 5.82 Å². The molecule has 1 aromatic rings. The molecular formula is C12H15BrFNO. The molecule has 4 heteroatoms. The van der Waals surface area contributed by atoms with E-state index in [4.69, 9.17) is 4.74 Å². The first-order valence-corrected chi connectivity index (χ1v) is 6.11. The highest BCUT2D eigenvalue weighted by Gasteiger charge is 2.29. The van der Waals surface area contributed by atoms with Gasteiger partial charge in [0.15, 0.2) is 0 Å². The van der Waals surface area contributed by atoms with E-state index in [0.717, 1.165) is 18.7 Å². The van der Waals surface area contributed by atoms with Crippen molar-refractivity contribution in [3.8, 4) is 0 Å². The molecule has 0 amide bonds. The van der Waals surface area contributed by atoms with Gasteiger partial charge in [0, 0.05) is 13.1 Å². The third-order valence-corrected chi connectivity index (χ3v) is 3.26. The zero-order valence-electron chi connectivity index (χ0n) is 9.39. The van der Waals surface area contributed by atoms with Gasteiger partial charge in [0.2, 0.25) is 0 Å². The fourth-order valence-corrected chi connectivity index (χ4v) is 2.27. The summed E-state index contributed by atoms with van der Waals surface area (Å²) in [5.74, 6) is -0.244. The third kappa shape index (κ3) is 2.62. The molecule has 0 bridgehead atoms. The van der Waals surface area contributed by atoms with Crippen molar-refractivity contribution in [1.82, 2.24) is 5.32 Å². The molecule has 2 rings (SSSR count). The molecule has 1 saturated heterocycles.